The molecule has 0 aromatic heterocycles. The summed E-state index contributed by atoms with van der Waals surface area (Å²) in [5.74, 6) is -12.1. The van der Waals surface area contributed by atoms with Gasteiger partial charge in [-0.25, -0.2) is 73.7 Å². The molecule has 0 radical (unpaired) electrons. The molecular weight excluding hydrogens is 1680 g/mol. The van der Waals surface area contributed by atoms with Crippen LogP contribution >= 0.6 is 58.0 Å². The number of carbonyl (C=O) groups excluding carboxylic acids is 14. The fraction of sp³-hybridized carbons (Fsp3) is 0.567. The van der Waals surface area contributed by atoms with E-state index in [2.05, 4.69) is 71.2 Å². The predicted molar refractivity (Wildman–Crippen MR) is 397 cm³/mol. The lowest BCUT2D eigenvalue weighted by atomic mass is 10.4. The second kappa shape index (κ2) is 83.9. The van der Waals surface area contributed by atoms with E-state index in [-0.39, 0.29) is 105 Å². The van der Waals surface area contributed by atoms with Crippen LogP contribution in [0.2, 0.25) is 0 Å². The molecule has 0 amide bonds. The first kappa shape index (κ1) is 119. The molecule has 0 fully saturated rings. The van der Waals surface area contributed by atoms with E-state index in [0.717, 1.165) is 85.2 Å². The van der Waals surface area contributed by atoms with Crippen LogP contribution in [-0.4, -0.2) is 336 Å². The number of carbonyl (C=O) groups is 14. The Kier molecular flexibility index (Phi) is 85.9. The third kappa shape index (κ3) is 72.5. The summed E-state index contributed by atoms with van der Waals surface area (Å²) in [6.45, 7) is 9.48. The molecule has 0 rings (SSSR count). The first-order valence-corrected chi connectivity index (χ1v) is 34.5. The molecule has 0 heterocycles. The maximum atomic E-state index is 11.3. The van der Waals surface area contributed by atoms with Crippen LogP contribution in [0.3, 0.4) is 0 Å². The largest absolute Gasteiger partial charge is 0.486 e. The van der Waals surface area contributed by atoms with Crippen LogP contribution in [0.25, 0.3) is 4.85 Å². The van der Waals surface area contributed by atoms with Crippen molar-refractivity contribution in [1.82, 2.24) is 0 Å². The van der Waals surface area contributed by atoms with Gasteiger partial charge in [0.05, 0.1) is 219 Å². The highest BCUT2D eigenvalue weighted by atomic mass is 35.5. The smallest absolute Gasteiger partial charge is 0.373 e. The van der Waals surface area contributed by atoms with Gasteiger partial charge < -0.3 is 128 Å². The third-order valence-corrected chi connectivity index (χ3v) is 12.2. The first-order chi connectivity index (χ1) is 55.2. The lowest BCUT2D eigenvalue weighted by Gasteiger charge is -2.14. The van der Waals surface area contributed by atoms with Gasteiger partial charge in [0.1, 0.15) is 19.3 Å². The molecule has 0 aromatic carbocycles. The average Bonchev–Trinajstić information content (AvgIpc) is 0.930. The van der Waals surface area contributed by atoms with Crippen molar-refractivity contribution >= 4 is 142 Å². The fourth-order valence-electron chi connectivity index (χ4n) is 5.20. The van der Waals surface area contributed by atoms with Crippen LogP contribution in [0.5, 0.6) is 0 Å². The van der Waals surface area contributed by atoms with Crippen molar-refractivity contribution in [3.8, 4) is 0 Å². The lowest BCUT2D eigenvalue weighted by molar-refractivity contribution is -0.482. The fourth-order valence-corrected chi connectivity index (χ4v) is 5.92. The molecule has 0 N–H and O–H groups in total. The minimum absolute atomic E-state index is 0.0153. The van der Waals surface area contributed by atoms with Gasteiger partial charge in [-0.3, -0.25) is 10.1 Å². The van der Waals surface area contributed by atoms with E-state index in [1.807, 2.05) is 0 Å². The molecule has 0 aliphatic rings. The summed E-state index contributed by atoms with van der Waals surface area (Å²) in [5.41, 5.74) is -0.929. The molecule has 44 nitrogen and oxygen atoms in total. The number of nitro groups is 1. The van der Waals surface area contributed by atoms with Crippen molar-refractivity contribution in [1.29, 1.82) is 0 Å². The van der Waals surface area contributed by atoms with Crippen LogP contribution in [0.15, 0.2) is 82.8 Å². The molecule has 0 aliphatic carbocycles. The van der Waals surface area contributed by atoms with E-state index in [9.17, 15) is 77.2 Å². The van der Waals surface area contributed by atoms with Gasteiger partial charge >= 0.3 is 83.6 Å². The number of hydrogen-bond acceptors (Lipinski definition) is 42. The molecule has 1 unspecified atom stereocenters. The highest BCUT2D eigenvalue weighted by Crippen LogP contribution is 2.12. The van der Waals surface area contributed by atoms with Gasteiger partial charge in [-0.1, -0.05) is 11.6 Å². The molecule has 0 bridgehead atoms. The van der Waals surface area contributed by atoms with Crippen molar-refractivity contribution in [3.05, 3.63) is 104 Å². The van der Waals surface area contributed by atoms with Gasteiger partial charge in [0, 0.05) is 25.0 Å². The van der Waals surface area contributed by atoms with Gasteiger partial charge in [0.2, 0.25) is 53.4 Å². The van der Waals surface area contributed by atoms with Gasteiger partial charge in [-0.05, 0) is 6.42 Å². The van der Waals surface area contributed by atoms with Gasteiger partial charge in [0.25, 0.3) is 0 Å². The molecular formula is C67H97Cl5N2O42. The van der Waals surface area contributed by atoms with Crippen molar-refractivity contribution in [2.75, 3.05) is 236 Å². The summed E-state index contributed by atoms with van der Waals surface area (Å²) in [4.78, 5) is 167. The number of halogens is 5. The van der Waals surface area contributed by atoms with Crippen molar-refractivity contribution in [2.24, 2.45) is 0 Å². The molecule has 49 heteroatoms. The number of ether oxygens (including phenoxy) is 26. The normalized spacial score (nSPS) is 11.1. The van der Waals surface area contributed by atoms with Gasteiger partial charge in [-0.2, -0.15) is 0 Å². The Hall–Kier alpha value is -10.5. The Bertz CT molecular complexity index is 3160. The Morgan fingerprint density at radius 2 is 0.569 bits per heavy atom. The topological polar surface area (TPSA) is 526 Å². The Morgan fingerprint density at radius 1 is 0.328 bits per heavy atom. The van der Waals surface area contributed by atoms with Crippen LogP contribution in [0, 0.1) is 16.7 Å². The molecule has 662 valence electrons. The van der Waals surface area contributed by atoms with E-state index in [0.29, 0.717) is 51.9 Å². The highest BCUT2D eigenvalue weighted by molar-refractivity contribution is 6.27. The quantitative estimate of drug-likeness (QED) is 0.00971. The van der Waals surface area contributed by atoms with Crippen molar-refractivity contribution in [2.45, 2.75) is 18.1 Å². The summed E-state index contributed by atoms with van der Waals surface area (Å²) >= 11 is 27.4. The minimum atomic E-state index is -0.929. The van der Waals surface area contributed by atoms with E-state index >= 15 is 0 Å². The highest BCUT2D eigenvalue weighted by Gasteiger charge is 2.22. The summed E-state index contributed by atoms with van der Waals surface area (Å²) in [6.07, 6.45) is 6.07. The number of esters is 14. The zero-order chi connectivity index (χ0) is 90.0. The Labute approximate surface area is 692 Å². The van der Waals surface area contributed by atoms with Gasteiger partial charge in [0.15, 0.2) is 18.8 Å². The summed E-state index contributed by atoms with van der Waals surface area (Å²) in [5, 5.41) is 10.00. The SMILES string of the molecule is COC(=O)/C=C(/OC(CCl)CCl)C(=O)OC.COC(=O)/C=C(/OC(Cl)CCl)C(=O)OC.COC(=O)/C=C(/OCCCCl)C(=O)OC.COC(=O)/C=C(/OCC[N+](=O)[O-])C(=O)OC.COCCOCCO/C(=C/C(=O)OC)C(=O)OC.COCCOCCOCCO/C(=C/C(=O)OC)C(=O)OC.[C-]#[N+]CCO/C(=C/C(=O)OC)C(=O)OC. The van der Waals surface area contributed by atoms with E-state index in [1.165, 1.54) is 56.9 Å². The number of methoxy groups -OCH3 is 16. The third-order valence-electron chi connectivity index (χ3n) is 10.6. The molecule has 0 saturated heterocycles. The van der Waals surface area contributed by atoms with Gasteiger partial charge in [-0.15, -0.1) is 46.4 Å². The number of hydrogen-bond donors (Lipinski definition) is 0. The molecule has 116 heavy (non-hydrogen) atoms. The summed E-state index contributed by atoms with van der Waals surface area (Å²) < 4.78 is 121. The maximum Gasteiger partial charge on any atom is 0.373 e. The molecule has 0 spiro atoms. The number of rotatable bonds is 49. The maximum absolute atomic E-state index is 11.3. The zero-order valence-electron chi connectivity index (χ0n) is 66.3. The van der Waals surface area contributed by atoms with E-state index in [4.69, 9.17) is 121 Å². The Balaban J connectivity index is -0.000000240. The van der Waals surface area contributed by atoms with Crippen LogP contribution in [0.4, 0.5) is 0 Å². The predicted octanol–water partition coefficient (Wildman–Crippen LogP) is 2.45. The lowest BCUT2D eigenvalue weighted by Crippen LogP contribution is -2.21. The van der Waals surface area contributed by atoms with Crippen LogP contribution < -0.4 is 0 Å². The number of nitrogens with zero attached hydrogens (tertiary/aromatic N) is 2. The van der Waals surface area contributed by atoms with Crippen LogP contribution in [-0.2, 0) is 190 Å². The molecule has 0 saturated carbocycles. The first-order valence-electron chi connectivity index (χ1n) is 31.9. The Morgan fingerprint density at radius 3 is 0.810 bits per heavy atom. The molecule has 0 aromatic rings. The zero-order valence-corrected chi connectivity index (χ0v) is 70.0. The minimum Gasteiger partial charge on any atom is -0.486 e. The van der Waals surface area contributed by atoms with Crippen molar-refractivity contribution in [3.63, 3.8) is 0 Å². The molecule has 0 aliphatic heterocycles. The summed E-state index contributed by atoms with van der Waals surface area (Å²) in [6, 6.07) is 0. The van der Waals surface area contributed by atoms with Crippen LogP contribution in [0.1, 0.15) is 6.42 Å². The van der Waals surface area contributed by atoms with E-state index < -0.39 is 112 Å². The average molecular weight is 1780 g/mol. The monoisotopic (exact) mass is 1780 g/mol. The molecule has 1 atom stereocenters. The van der Waals surface area contributed by atoms with Crippen molar-refractivity contribution < 1.29 is 195 Å². The second-order valence-electron chi connectivity index (χ2n) is 18.4. The second-order valence-corrected chi connectivity index (χ2v) is 20.2. The summed E-state index contributed by atoms with van der Waals surface area (Å²) in [7, 11) is 19.5. The van der Waals surface area contributed by atoms with E-state index in [1.54, 1.807) is 14.2 Å². The number of alkyl halides is 5. The standard InChI is InChI=1S/C13H22O8.C11H18O7.C9H12Cl2O5.C9H13ClO5.C9H11NO5.C8H10Cl2O5.C8H11NO7/c1-16-4-5-19-6-7-20-8-9-21-11(13(15)18-3)10-12(14)17-2;1-14-4-5-17-6-7-18-9(11(13)16-3)8-10(12)15-2;1-14-8(12)3-7(9(13)15-2)16-6(4-10)5-11;1-13-8(11)6-7(9(12)14-2)15-5-3-4-10;1-10-4-5-15-7(9(12)14-3)6-8(11)13-2;1-13-7(11)3-5(8(12)14-2)15-6(10)4-9;1-14-7(10)5-6(8(11)15-2)16-4-3-9(12)13/h10H,4-9H2,1-3H3;8H,4-7H2,1-3H3;3,6H,4-5H2,1-2H3;6H,3-5H2,1-2H3;6H,4-5H2,2-3H3;3,6H,4H2,1-2H3;5H,3-4H2,1-2H3/b11-10+;9-8+;7-3+;2*7-6+;5-3+;6-5+.